The number of pyridine rings is 1. The van der Waals surface area contributed by atoms with Gasteiger partial charge in [0.15, 0.2) is 0 Å². The van der Waals surface area contributed by atoms with Gasteiger partial charge in [0.1, 0.15) is 4.88 Å². The molecule has 1 aliphatic heterocycles. The van der Waals surface area contributed by atoms with E-state index in [0.717, 1.165) is 24.4 Å². The third kappa shape index (κ3) is 3.76. The zero-order valence-electron chi connectivity index (χ0n) is 13.4. The summed E-state index contributed by atoms with van der Waals surface area (Å²) in [4.78, 5) is 30.8. The van der Waals surface area contributed by atoms with Gasteiger partial charge in [-0.2, -0.15) is 0 Å². The standard InChI is InChI=1S/C16H19N5O2S/c1-11-14(24-20-19-11)15(22)18-10-12-4-8-21(9-5-12)16(23)13-2-6-17-7-3-13/h2-3,6-7,12H,4-5,8-10H2,1H3,(H,18,22). The predicted octanol–water partition coefficient (Wildman–Crippen LogP) is 1.52. The summed E-state index contributed by atoms with van der Waals surface area (Å²) in [6, 6.07) is 3.47. The van der Waals surface area contributed by atoms with E-state index < -0.39 is 0 Å². The molecule has 1 aliphatic rings. The molecule has 1 saturated heterocycles. The molecule has 0 atom stereocenters. The topological polar surface area (TPSA) is 88.1 Å². The molecule has 24 heavy (non-hydrogen) atoms. The van der Waals surface area contributed by atoms with E-state index in [1.807, 2.05) is 4.90 Å². The highest BCUT2D eigenvalue weighted by Gasteiger charge is 2.24. The first-order chi connectivity index (χ1) is 11.6. The Labute approximate surface area is 144 Å². The average Bonchev–Trinajstić information content (AvgIpc) is 3.06. The van der Waals surface area contributed by atoms with Crippen molar-refractivity contribution in [3.8, 4) is 0 Å². The van der Waals surface area contributed by atoms with Crippen LogP contribution in [0, 0.1) is 12.8 Å². The van der Waals surface area contributed by atoms with Gasteiger partial charge >= 0.3 is 0 Å². The van der Waals surface area contributed by atoms with Crippen LogP contribution in [0.1, 0.15) is 38.6 Å². The van der Waals surface area contributed by atoms with Crippen molar-refractivity contribution in [3.63, 3.8) is 0 Å². The summed E-state index contributed by atoms with van der Waals surface area (Å²) in [5.74, 6) is 0.320. The molecule has 3 rings (SSSR count). The quantitative estimate of drug-likeness (QED) is 0.908. The number of nitrogens with one attached hydrogen (secondary N) is 1. The van der Waals surface area contributed by atoms with Crippen molar-refractivity contribution in [2.45, 2.75) is 19.8 Å². The van der Waals surface area contributed by atoms with E-state index in [0.29, 0.717) is 41.7 Å². The SMILES string of the molecule is Cc1nnsc1C(=O)NCC1CCN(C(=O)c2ccncc2)CC1. The van der Waals surface area contributed by atoms with Crippen molar-refractivity contribution in [2.24, 2.45) is 5.92 Å². The molecule has 0 radical (unpaired) electrons. The Morgan fingerprint density at radius 1 is 1.29 bits per heavy atom. The first kappa shape index (κ1) is 16.5. The molecule has 7 nitrogen and oxygen atoms in total. The minimum Gasteiger partial charge on any atom is -0.351 e. The third-order valence-electron chi connectivity index (χ3n) is 4.24. The van der Waals surface area contributed by atoms with Crippen LogP contribution in [0.3, 0.4) is 0 Å². The van der Waals surface area contributed by atoms with Gasteiger partial charge in [0.2, 0.25) is 0 Å². The summed E-state index contributed by atoms with van der Waals surface area (Å²) in [6.45, 7) is 3.82. The summed E-state index contributed by atoms with van der Waals surface area (Å²) in [5, 5.41) is 6.80. The second kappa shape index (κ2) is 7.48. The van der Waals surface area contributed by atoms with Gasteiger partial charge in [0.05, 0.1) is 5.69 Å². The smallest absolute Gasteiger partial charge is 0.264 e. The minimum absolute atomic E-state index is 0.0474. The monoisotopic (exact) mass is 345 g/mol. The van der Waals surface area contributed by atoms with Crippen LogP contribution in [-0.4, -0.2) is 50.9 Å². The lowest BCUT2D eigenvalue weighted by Crippen LogP contribution is -2.41. The van der Waals surface area contributed by atoms with E-state index in [1.54, 1.807) is 31.5 Å². The van der Waals surface area contributed by atoms with Crippen LogP contribution in [0.2, 0.25) is 0 Å². The summed E-state index contributed by atoms with van der Waals surface area (Å²) in [5.41, 5.74) is 1.33. The molecule has 2 aromatic rings. The lowest BCUT2D eigenvalue weighted by atomic mass is 9.96. The molecule has 0 saturated carbocycles. The van der Waals surface area contributed by atoms with Crippen molar-refractivity contribution < 1.29 is 9.59 Å². The molecule has 0 unspecified atom stereocenters. The Morgan fingerprint density at radius 2 is 2.00 bits per heavy atom. The van der Waals surface area contributed by atoms with Gasteiger partial charge in [-0.15, -0.1) is 5.10 Å². The van der Waals surface area contributed by atoms with Crippen molar-refractivity contribution in [1.29, 1.82) is 0 Å². The minimum atomic E-state index is -0.113. The Hall–Kier alpha value is -2.35. The van der Waals surface area contributed by atoms with Crippen LogP contribution < -0.4 is 5.32 Å². The van der Waals surface area contributed by atoms with Gasteiger partial charge in [0, 0.05) is 37.6 Å². The number of carbonyl (C=O) groups excluding carboxylic acids is 2. The van der Waals surface area contributed by atoms with Crippen molar-refractivity contribution >= 4 is 23.3 Å². The third-order valence-corrected chi connectivity index (χ3v) is 5.06. The summed E-state index contributed by atoms with van der Waals surface area (Å²) < 4.78 is 3.78. The highest BCUT2D eigenvalue weighted by atomic mass is 32.1. The van der Waals surface area contributed by atoms with Crippen molar-refractivity contribution in [3.05, 3.63) is 40.7 Å². The summed E-state index contributed by atoms with van der Waals surface area (Å²) >= 11 is 1.12. The number of hydrogen-bond donors (Lipinski definition) is 1. The molecule has 8 heteroatoms. The molecular weight excluding hydrogens is 326 g/mol. The van der Waals surface area contributed by atoms with Crippen LogP contribution in [0.15, 0.2) is 24.5 Å². The van der Waals surface area contributed by atoms with Gasteiger partial charge < -0.3 is 10.2 Å². The summed E-state index contributed by atoms with van der Waals surface area (Å²) in [7, 11) is 0. The number of aryl methyl sites for hydroxylation is 1. The molecule has 2 amide bonds. The van der Waals surface area contributed by atoms with Gasteiger partial charge in [-0.1, -0.05) is 4.49 Å². The fourth-order valence-corrected chi connectivity index (χ4v) is 3.35. The Morgan fingerprint density at radius 3 is 2.62 bits per heavy atom. The first-order valence-corrected chi connectivity index (χ1v) is 8.69. The van der Waals surface area contributed by atoms with E-state index in [-0.39, 0.29) is 11.8 Å². The van der Waals surface area contributed by atoms with E-state index in [1.165, 1.54) is 0 Å². The van der Waals surface area contributed by atoms with Gasteiger partial charge in [-0.25, -0.2) is 0 Å². The molecule has 0 aliphatic carbocycles. The van der Waals surface area contributed by atoms with Gasteiger partial charge in [-0.3, -0.25) is 14.6 Å². The highest BCUT2D eigenvalue weighted by molar-refractivity contribution is 7.07. The van der Waals surface area contributed by atoms with Crippen molar-refractivity contribution in [1.82, 2.24) is 24.8 Å². The van der Waals surface area contributed by atoms with Crippen molar-refractivity contribution in [2.75, 3.05) is 19.6 Å². The first-order valence-electron chi connectivity index (χ1n) is 7.91. The number of aromatic nitrogens is 3. The molecule has 0 aromatic carbocycles. The second-order valence-corrected chi connectivity index (χ2v) is 6.62. The molecule has 1 N–H and O–H groups in total. The maximum Gasteiger partial charge on any atom is 0.264 e. The number of likely N-dealkylation sites (tertiary alicyclic amines) is 1. The Balaban J connectivity index is 1.46. The number of amides is 2. The van der Waals surface area contributed by atoms with Crippen LogP contribution in [0.5, 0.6) is 0 Å². The predicted molar refractivity (Wildman–Crippen MR) is 89.8 cm³/mol. The number of rotatable bonds is 4. The lowest BCUT2D eigenvalue weighted by molar-refractivity contribution is 0.0684. The molecular formula is C16H19N5O2S. The molecule has 2 aromatic heterocycles. The molecule has 126 valence electrons. The normalized spacial score (nSPS) is 15.3. The number of nitrogens with zero attached hydrogens (tertiary/aromatic N) is 4. The maximum atomic E-state index is 12.4. The Kier molecular flexibility index (Phi) is 5.14. The largest absolute Gasteiger partial charge is 0.351 e. The molecule has 3 heterocycles. The van der Waals surface area contributed by atoms with Crippen LogP contribution in [0.4, 0.5) is 0 Å². The van der Waals surface area contributed by atoms with Gasteiger partial charge in [0.25, 0.3) is 11.8 Å². The van der Waals surface area contributed by atoms with E-state index in [9.17, 15) is 9.59 Å². The van der Waals surface area contributed by atoms with E-state index in [2.05, 4.69) is 19.9 Å². The molecule has 0 spiro atoms. The average molecular weight is 345 g/mol. The summed E-state index contributed by atoms with van der Waals surface area (Å²) in [6.07, 6.45) is 5.03. The Bertz CT molecular complexity index is 710. The van der Waals surface area contributed by atoms with E-state index in [4.69, 9.17) is 0 Å². The number of hydrogen-bond acceptors (Lipinski definition) is 6. The van der Waals surface area contributed by atoms with Gasteiger partial charge in [-0.05, 0) is 49.3 Å². The fraction of sp³-hybridized carbons (Fsp3) is 0.438. The molecule has 1 fully saturated rings. The second-order valence-electron chi connectivity index (χ2n) is 5.87. The van der Waals surface area contributed by atoms with E-state index >= 15 is 0 Å². The highest BCUT2D eigenvalue weighted by Crippen LogP contribution is 2.19. The fourth-order valence-electron chi connectivity index (χ4n) is 2.77. The van der Waals surface area contributed by atoms with Crippen LogP contribution >= 0.6 is 11.5 Å². The number of piperidine rings is 1. The lowest BCUT2D eigenvalue weighted by Gasteiger charge is -2.32. The molecule has 0 bridgehead atoms. The zero-order chi connectivity index (χ0) is 16.9. The van der Waals surface area contributed by atoms with Crippen LogP contribution in [-0.2, 0) is 0 Å². The maximum absolute atomic E-state index is 12.4. The van der Waals surface area contributed by atoms with Crippen LogP contribution in [0.25, 0.3) is 0 Å². The zero-order valence-corrected chi connectivity index (χ0v) is 14.3. The number of carbonyl (C=O) groups is 2.